The molecule has 2 aromatic rings. The van der Waals surface area contributed by atoms with E-state index in [-0.39, 0.29) is 11.8 Å². The monoisotopic (exact) mass is 439 g/mol. The van der Waals surface area contributed by atoms with Crippen LogP contribution in [0.1, 0.15) is 18.9 Å². The number of amides is 2. The second-order valence-corrected chi connectivity index (χ2v) is 8.74. The first-order chi connectivity index (χ1) is 15.5. The number of nitrogens with zero attached hydrogens (tertiary/aromatic N) is 4. The van der Waals surface area contributed by atoms with Gasteiger partial charge >= 0.3 is 11.7 Å². The lowest BCUT2D eigenvalue weighted by atomic mass is 10.1. The minimum Gasteiger partial charge on any atom is -0.330 e. The van der Waals surface area contributed by atoms with Crippen LogP contribution in [-0.2, 0) is 6.42 Å². The lowest BCUT2D eigenvalue weighted by molar-refractivity contribution is 0.204. The van der Waals surface area contributed by atoms with E-state index in [1.54, 1.807) is 17.2 Å². The van der Waals surface area contributed by atoms with Crippen LogP contribution >= 0.6 is 0 Å². The summed E-state index contributed by atoms with van der Waals surface area (Å²) in [6, 6.07) is 9.89. The van der Waals surface area contributed by atoms with Crippen molar-refractivity contribution >= 4 is 11.8 Å². The highest BCUT2D eigenvalue weighted by atomic mass is 16.2. The Morgan fingerprint density at radius 1 is 1.22 bits per heavy atom. The molecule has 0 spiro atoms. The molecule has 2 aliphatic heterocycles. The Morgan fingerprint density at radius 3 is 2.62 bits per heavy atom. The number of anilines is 1. The molecule has 32 heavy (non-hydrogen) atoms. The zero-order chi connectivity index (χ0) is 22.5. The largest absolute Gasteiger partial charge is 0.354 e. The van der Waals surface area contributed by atoms with Crippen LogP contribution in [-0.4, -0.2) is 77.2 Å². The van der Waals surface area contributed by atoms with Gasteiger partial charge < -0.3 is 16.0 Å². The topological polar surface area (TPSA) is 109 Å². The second-order valence-electron chi connectivity index (χ2n) is 8.74. The van der Waals surface area contributed by atoms with Gasteiger partial charge in [0.1, 0.15) is 5.82 Å². The van der Waals surface area contributed by atoms with Crippen molar-refractivity contribution in [1.82, 2.24) is 24.7 Å². The molecule has 2 saturated heterocycles. The predicted octanol–water partition coefficient (Wildman–Crippen LogP) is 0.881. The van der Waals surface area contributed by atoms with Crippen LogP contribution in [0.25, 0.3) is 5.69 Å². The van der Waals surface area contributed by atoms with Crippen molar-refractivity contribution < 1.29 is 4.79 Å². The van der Waals surface area contributed by atoms with Crippen molar-refractivity contribution in [2.24, 2.45) is 11.7 Å². The Bertz CT molecular complexity index is 969. The minimum atomic E-state index is -0.422. The third-order valence-electron chi connectivity index (χ3n) is 6.46. The van der Waals surface area contributed by atoms with E-state index >= 15 is 0 Å². The molecule has 2 amide bonds. The quantitative estimate of drug-likeness (QED) is 0.617. The number of rotatable bonds is 6. The van der Waals surface area contributed by atoms with Gasteiger partial charge in [-0.25, -0.2) is 9.59 Å². The third-order valence-corrected chi connectivity index (χ3v) is 6.46. The summed E-state index contributed by atoms with van der Waals surface area (Å²) in [4.78, 5) is 33.1. The van der Waals surface area contributed by atoms with Gasteiger partial charge in [-0.15, -0.1) is 0 Å². The molecule has 2 aliphatic rings. The van der Waals surface area contributed by atoms with E-state index in [1.807, 2.05) is 12.1 Å². The standard InChI is InChI=1S/C23H33N7O2/c1-17(29-10-6-19(15-24)16-29)14-18-2-4-20(5-3-18)30-11-7-21(27-23(30)32)26-22(31)28-12-8-25-9-13-28/h2-5,7,11,17,19,25H,6,8-10,12-16,24H2,1H3,(H,26,27,31,32)/t17?,19-/m1/s1. The van der Waals surface area contributed by atoms with Crippen LogP contribution in [0.4, 0.5) is 10.6 Å². The Morgan fingerprint density at radius 2 is 1.97 bits per heavy atom. The van der Waals surface area contributed by atoms with Gasteiger partial charge in [0.25, 0.3) is 0 Å². The average molecular weight is 440 g/mol. The van der Waals surface area contributed by atoms with Crippen molar-refractivity contribution in [2.75, 3.05) is 51.1 Å². The van der Waals surface area contributed by atoms with Crippen LogP contribution in [0.15, 0.2) is 41.3 Å². The Balaban J connectivity index is 1.37. The SMILES string of the molecule is CC(Cc1ccc(-n2ccc(NC(=O)N3CCNCC3)nc2=O)cc1)N1CC[C@H](CN)C1. The van der Waals surface area contributed by atoms with Gasteiger partial charge in [-0.2, -0.15) is 4.98 Å². The van der Waals surface area contributed by atoms with Crippen LogP contribution in [0, 0.1) is 5.92 Å². The van der Waals surface area contributed by atoms with Gasteiger partial charge in [0.2, 0.25) is 0 Å². The molecule has 3 heterocycles. The fourth-order valence-electron chi connectivity index (χ4n) is 4.44. The number of benzene rings is 1. The number of nitrogens with two attached hydrogens (primary N) is 1. The maximum atomic E-state index is 12.6. The van der Waals surface area contributed by atoms with Crippen molar-refractivity contribution in [3.63, 3.8) is 0 Å². The fraction of sp³-hybridized carbons (Fsp3) is 0.522. The fourth-order valence-corrected chi connectivity index (χ4v) is 4.44. The molecule has 0 radical (unpaired) electrons. The summed E-state index contributed by atoms with van der Waals surface area (Å²) in [5.41, 5.74) is 7.38. The molecule has 9 heteroatoms. The van der Waals surface area contributed by atoms with E-state index in [2.05, 4.69) is 39.6 Å². The van der Waals surface area contributed by atoms with E-state index in [0.717, 1.165) is 44.8 Å². The molecule has 0 bridgehead atoms. The molecule has 1 aromatic heterocycles. The number of urea groups is 1. The summed E-state index contributed by atoms with van der Waals surface area (Å²) in [5, 5.41) is 5.92. The highest BCUT2D eigenvalue weighted by molar-refractivity contribution is 5.88. The molecular formula is C23H33N7O2. The normalized spacial score (nSPS) is 20.3. The number of carbonyl (C=O) groups is 1. The van der Waals surface area contributed by atoms with Gasteiger partial charge in [-0.1, -0.05) is 12.1 Å². The first kappa shape index (κ1) is 22.4. The van der Waals surface area contributed by atoms with Crippen molar-refractivity contribution in [2.45, 2.75) is 25.8 Å². The zero-order valence-corrected chi connectivity index (χ0v) is 18.7. The first-order valence-electron chi connectivity index (χ1n) is 11.4. The number of aromatic nitrogens is 2. The molecule has 172 valence electrons. The second kappa shape index (κ2) is 10.2. The maximum absolute atomic E-state index is 12.6. The van der Waals surface area contributed by atoms with Crippen molar-refractivity contribution in [1.29, 1.82) is 0 Å². The smallest absolute Gasteiger partial charge is 0.330 e. The van der Waals surface area contributed by atoms with E-state index in [1.165, 1.54) is 16.6 Å². The molecule has 1 unspecified atom stereocenters. The predicted molar refractivity (Wildman–Crippen MR) is 125 cm³/mol. The van der Waals surface area contributed by atoms with Crippen molar-refractivity contribution in [3.05, 3.63) is 52.6 Å². The molecule has 2 atom stereocenters. The molecule has 4 rings (SSSR count). The maximum Gasteiger partial charge on any atom is 0.354 e. The molecule has 0 aliphatic carbocycles. The number of nitrogens with one attached hydrogen (secondary N) is 2. The summed E-state index contributed by atoms with van der Waals surface area (Å²) < 4.78 is 1.49. The lowest BCUT2D eigenvalue weighted by Crippen LogP contribution is -2.48. The van der Waals surface area contributed by atoms with E-state index in [4.69, 9.17) is 5.73 Å². The van der Waals surface area contributed by atoms with Gasteiger partial charge in [0, 0.05) is 45.0 Å². The minimum absolute atomic E-state index is 0.231. The average Bonchev–Trinajstić information content (AvgIpc) is 3.30. The van der Waals surface area contributed by atoms with Crippen LogP contribution in [0.5, 0.6) is 0 Å². The Labute approximate surface area is 188 Å². The van der Waals surface area contributed by atoms with Gasteiger partial charge in [0.05, 0.1) is 5.69 Å². The molecule has 9 nitrogen and oxygen atoms in total. The first-order valence-corrected chi connectivity index (χ1v) is 11.4. The Kier molecular flexibility index (Phi) is 7.19. The molecule has 4 N–H and O–H groups in total. The van der Waals surface area contributed by atoms with E-state index < -0.39 is 5.69 Å². The van der Waals surface area contributed by atoms with E-state index in [0.29, 0.717) is 25.0 Å². The van der Waals surface area contributed by atoms with Gasteiger partial charge in [0.15, 0.2) is 0 Å². The highest BCUT2D eigenvalue weighted by Gasteiger charge is 2.25. The van der Waals surface area contributed by atoms with Crippen LogP contribution in [0.2, 0.25) is 0 Å². The summed E-state index contributed by atoms with van der Waals surface area (Å²) >= 11 is 0. The lowest BCUT2D eigenvalue weighted by Gasteiger charge is -2.27. The number of carbonyl (C=O) groups excluding carboxylic acids is 1. The number of piperazine rings is 1. The van der Waals surface area contributed by atoms with Crippen LogP contribution < -0.4 is 22.1 Å². The summed E-state index contributed by atoms with van der Waals surface area (Å²) in [6.07, 6.45) is 3.79. The van der Waals surface area contributed by atoms with Crippen LogP contribution in [0.3, 0.4) is 0 Å². The number of hydrogen-bond donors (Lipinski definition) is 3. The zero-order valence-electron chi connectivity index (χ0n) is 18.7. The summed E-state index contributed by atoms with van der Waals surface area (Å²) in [5.74, 6) is 0.880. The number of hydrogen-bond acceptors (Lipinski definition) is 6. The van der Waals surface area contributed by atoms with E-state index in [9.17, 15) is 9.59 Å². The Hall–Kier alpha value is -2.75. The number of likely N-dealkylation sites (tertiary alicyclic amines) is 1. The van der Waals surface area contributed by atoms with Crippen molar-refractivity contribution in [3.8, 4) is 5.69 Å². The van der Waals surface area contributed by atoms with Gasteiger partial charge in [-0.05, 0) is 62.5 Å². The highest BCUT2D eigenvalue weighted by Crippen LogP contribution is 2.20. The molecule has 1 aromatic carbocycles. The molecular weight excluding hydrogens is 406 g/mol. The molecule has 2 fully saturated rings. The molecule has 0 saturated carbocycles. The third kappa shape index (κ3) is 5.35. The summed E-state index contributed by atoms with van der Waals surface area (Å²) in [6.45, 7) is 8.02. The van der Waals surface area contributed by atoms with Gasteiger partial charge in [-0.3, -0.25) is 14.8 Å². The summed E-state index contributed by atoms with van der Waals surface area (Å²) in [7, 11) is 0.